The Morgan fingerprint density at radius 2 is 2.08 bits per heavy atom. The molecule has 5 nitrogen and oxygen atoms in total. The number of benzene rings is 1. The van der Waals surface area contributed by atoms with Gasteiger partial charge in [-0.2, -0.15) is 0 Å². The van der Waals surface area contributed by atoms with Crippen LogP contribution in [0.4, 0.5) is 11.4 Å². The van der Waals surface area contributed by atoms with Gasteiger partial charge in [0.1, 0.15) is 0 Å². The van der Waals surface area contributed by atoms with Crippen LogP contribution in [0.1, 0.15) is 38.2 Å². The lowest BCUT2D eigenvalue weighted by Gasteiger charge is -2.32. The molecule has 1 saturated carbocycles. The molecular formula is C19H25N3O2. The highest BCUT2D eigenvalue weighted by Crippen LogP contribution is 2.59. The molecule has 2 N–H and O–H groups in total. The largest absolute Gasteiger partial charge is 0.326 e. The maximum absolute atomic E-state index is 13.1. The molecule has 0 bridgehead atoms. The van der Waals surface area contributed by atoms with Gasteiger partial charge in [0.05, 0.1) is 0 Å². The Balaban J connectivity index is 1.58. The number of amides is 2. The molecule has 1 aliphatic carbocycles. The second-order valence-electron chi connectivity index (χ2n) is 7.45. The highest BCUT2D eigenvalue weighted by atomic mass is 16.2. The van der Waals surface area contributed by atoms with Crippen molar-refractivity contribution in [2.75, 3.05) is 29.9 Å². The molecule has 0 radical (unpaired) electrons. The molecule has 1 spiro atoms. The normalized spacial score (nSPS) is 24.4. The summed E-state index contributed by atoms with van der Waals surface area (Å²) in [6.07, 6.45) is 5.16. The lowest BCUT2D eigenvalue weighted by atomic mass is 9.91. The third-order valence-electron chi connectivity index (χ3n) is 5.91. The molecule has 4 rings (SSSR count). The van der Waals surface area contributed by atoms with Crippen molar-refractivity contribution in [2.45, 2.75) is 39.0 Å². The molecule has 1 aromatic rings. The van der Waals surface area contributed by atoms with E-state index < -0.39 is 0 Å². The number of rotatable bonds is 2. The second-order valence-corrected chi connectivity index (χ2v) is 7.45. The first-order chi connectivity index (χ1) is 11.6. The van der Waals surface area contributed by atoms with Crippen molar-refractivity contribution >= 4 is 23.2 Å². The molecule has 128 valence electrons. The van der Waals surface area contributed by atoms with Crippen LogP contribution >= 0.6 is 0 Å². The maximum atomic E-state index is 13.1. The van der Waals surface area contributed by atoms with Crippen molar-refractivity contribution in [1.82, 2.24) is 5.32 Å². The molecule has 24 heavy (non-hydrogen) atoms. The zero-order chi connectivity index (χ0) is 16.7. The number of fused-ring (bicyclic) bond motifs is 1. The Morgan fingerprint density at radius 3 is 2.83 bits per heavy atom. The SMILES string of the molecule is CC(=O)Nc1cccc2c1CCCN2C(=O)C1CC12CCNCC2. The summed E-state index contributed by atoms with van der Waals surface area (Å²) < 4.78 is 0. The third-order valence-corrected chi connectivity index (χ3v) is 5.91. The van der Waals surface area contributed by atoms with Gasteiger partial charge < -0.3 is 15.5 Å². The predicted octanol–water partition coefficient (Wildman–Crippen LogP) is 2.31. The summed E-state index contributed by atoms with van der Waals surface area (Å²) in [6, 6.07) is 5.89. The summed E-state index contributed by atoms with van der Waals surface area (Å²) in [6.45, 7) is 4.39. The average molecular weight is 327 g/mol. The van der Waals surface area contributed by atoms with Gasteiger partial charge in [0.15, 0.2) is 0 Å². The van der Waals surface area contributed by atoms with E-state index in [0.29, 0.717) is 0 Å². The van der Waals surface area contributed by atoms with Crippen molar-refractivity contribution < 1.29 is 9.59 Å². The molecule has 1 saturated heterocycles. The van der Waals surface area contributed by atoms with Crippen LogP contribution in [0.25, 0.3) is 0 Å². The molecular weight excluding hydrogens is 302 g/mol. The van der Waals surface area contributed by atoms with E-state index in [1.165, 1.54) is 6.92 Å². The fourth-order valence-electron chi connectivity index (χ4n) is 4.52. The third kappa shape index (κ3) is 2.61. The topological polar surface area (TPSA) is 61.4 Å². The van der Waals surface area contributed by atoms with Gasteiger partial charge in [0.2, 0.25) is 11.8 Å². The first kappa shape index (κ1) is 15.6. The lowest BCUT2D eigenvalue weighted by Crippen LogP contribution is -2.39. The molecule has 2 aliphatic heterocycles. The number of nitrogens with zero attached hydrogens (tertiary/aromatic N) is 1. The van der Waals surface area contributed by atoms with Crippen LogP contribution in [0.5, 0.6) is 0 Å². The van der Waals surface area contributed by atoms with Gasteiger partial charge in [-0.25, -0.2) is 0 Å². The van der Waals surface area contributed by atoms with Gasteiger partial charge in [0.25, 0.3) is 0 Å². The predicted molar refractivity (Wildman–Crippen MR) is 94.1 cm³/mol. The van der Waals surface area contributed by atoms with Crippen molar-refractivity contribution in [2.24, 2.45) is 11.3 Å². The van der Waals surface area contributed by atoms with E-state index in [0.717, 1.165) is 68.7 Å². The van der Waals surface area contributed by atoms with Gasteiger partial charge in [-0.15, -0.1) is 0 Å². The number of nitrogens with one attached hydrogen (secondary N) is 2. The zero-order valence-electron chi connectivity index (χ0n) is 14.2. The summed E-state index contributed by atoms with van der Waals surface area (Å²) in [5, 5.41) is 6.30. The molecule has 3 aliphatic rings. The van der Waals surface area contributed by atoms with E-state index in [4.69, 9.17) is 0 Å². The first-order valence-corrected chi connectivity index (χ1v) is 9.02. The second kappa shape index (κ2) is 5.88. The number of carbonyl (C=O) groups is 2. The molecule has 1 unspecified atom stereocenters. The fraction of sp³-hybridized carbons (Fsp3) is 0.579. The number of hydrogen-bond donors (Lipinski definition) is 2. The Morgan fingerprint density at radius 1 is 1.29 bits per heavy atom. The molecule has 2 heterocycles. The maximum Gasteiger partial charge on any atom is 0.230 e. The van der Waals surface area contributed by atoms with Crippen LogP contribution in [0.2, 0.25) is 0 Å². The van der Waals surface area contributed by atoms with Gasteiger partial charge >= 0.3 is 0 Å². The molecule has 1 atom stereocenters. The van der Waals surface area contributed by atoms with Crippen molar-refractivity contribution in [3.05, 3.63) is 23.8 Å². The van der Waals surface area contributed by atoms with Gasteiger partial charge in [0, 0.05) is 30.8 Å². The van der Waals surface area contributed by atoms with Crippen LogP contribution in [0.15, 0.2) is 18.2 Å². The van der Waals surface area contributed by atoms with Gasteiger partial charge in [-0.3, -0.25) is 9.59 Å². The molecule has 1 aromatic carbocycles. The standard InChI is InChI=1S/C19H25N3O2/c1-13(23)21-16-5-2-6-17-14(16)4-3-11-22(17)18(24)15-12-19(15)7-9-20-10-8-19/h2,5-6,15,20H,3-4,7-12H2,1H3,(H,21,23). The van der Waals surface area contributed by atoms with E-state index in [1.807, 2.05) is 23.1 Å². The van der Waals surface area contributed by atoms with Crippen LogP contribution < -0.4 is 15.5 Å². The fourth-order valence-corrected chi connectivity index (χ4v) is 4.52. The van der Waals surface area contributed by atoms with Crippen LogP contribution in [0.3, 0.4) is 0 Å². The number of carbonyl (C=O) groups excluding carboxylic acids is 2. The van der Waals surface area contributed by atoms with Crippen LogP contribution in [-0.2, 0) is 16.0 Å². The summed E-state index contributed by atoms with van der Waals surface area (Å²) in [7, 11) is 0. The van der Waals surface area contributed by atoms with E-state index in [1.54, 1.807) is 0 Å². The average Bonchev–Trinajstić information content (AvgIpc) is 3.27. The van der Waals surface area contributed by atoms with Crippen LogP contribution in [0, 0.1) is 11.3 Å². The van der Waals surface area contributed by atoms with Gasteiger partial charge in [-0.05, 0) is 68.3 Å². The Bertz CT molecular complexity index is 679. The number of anilines is 2. The van der Waals surface area contributed by atoms with E-state index in [9.17, 15) is 9.59 Å². The zero-order valence-corrected chi connectivity index (χ0v) is 14.2. The summed E-state index contributed by atoms with van der Waals surface area (Å²) in [4.78, 5) is 26.6. The number of hydrogen-bond acceptors (Lipinski definition) is 3. The highest BCUT2D eigenvalue weighted by Gasteiger charge is 2.58. The summed E-state index contributed by atoms with van der Waals surface area (Å²) in [5.41, 5.74) is 3.21. The van der Waals surface area contributed by atoms with E-state index in [-0.39, 0.29) is 23.1 Å². The van der Waals surface area contributed by atoms with Crippen molar-refractivity contribution in [3.63, 3.8) is 0 Å². The molecule has 2 amide bonds. The lowest BCUT2D eigenvalue weighted by molar-refractivity contribution is -0.120. The first-order valence-electron chi connectivity index (χ1n) is 9.02. The summed E-state index contributed by atoms with van der Waals surface area (Å²) in [5.74, 6) is 0.412. The van der Waals surface area contributed by atoms with Crippen LogP contribution in [-0.4, -0.2) is 31.4 Å². The monoisotopic (exact) mass is 327 g/mol. The van der Waals surface area contributed by atoms with E-state index >= 15 is 0 Å². The minimum absolute atomic E-state index is 0.0669. The summed E-state index contributed by atoms with van der Waals surface area (Å²) >= 11 is 0. The Hall–Kier alpha value is -1.88. The van der Waals surface area contributed by atoms with Gasteiger partial charge in [-0.1, -0.05) is 6.07 Å². The molecule has 2 fully saturated rings. The minimum atomic E-state index is -0.0669. The Labute approximate surface area is 142 Å². The minimum Gasteiger partial charge on any atom is -0.326 e. The molecule has 0 aromatic heterocycles. The quantitative estimate of drug-likeness (QED) is 0.876. The van der Waals surface area contributed by atoms with Crippen molar-refractivity contribution in [3.8, 4) is 0 Å². The Kier molecular flexibility index (Phi) is 3.83. The smallest absolute Gasteiger partial charge is 0.230 e. The van der Waals surface area contributed by atoms with E-state index in [2.05, 4.69) is 10.6 Å². The molecule has 5 heteroatoms. The number of piperidine rings is 1. The van der Waals surface area contributed by atoms with Crippen molar-refractivity contribution in [1.29, 1.82) is 0 Å². The highest BCUT2D eigenvalue weighted by molar-refractivity contribution is 6.00.